The molecule has 3 atom stereocenters. The van der Waals surface area contributed by atoms with Crippen LogP contribution in [-0.4, -0.2) is 57.8 Å². The highest BCUT2D eigenvalue weighted by molar-refractivity contribution is 6.30. The fourth-order valence-corrected chi connectivity index (χ4v) is 5.24. The topological polar surface area (TPSA) is 67.8 Å². The van der Waals surface area contributed by atoms with Crippen molar-refractivity contribution in [2.24, 2.45) is 0 Å². The van der Waals surface area contributed by atoms with Crippen LogP contribution in [0.2, 0.25) is 5.15 Å². The molecule has 0 saturated carbocycles. The summed E-state index contributed by atoms with van der Waals surface area (Å²) in [5.41, 5.74) is 1.52. The Morgan fingerprint density at radius 2 is 2.00 bits per heavy atom. The van der Waals surface area contributed by atoms with Crippen molar-refractivity contribution in [2.45, 2.75) is 71.2 Å². The number of carbonyl (C=O) groups is 1. The lowest BCUT2D eigenvalue weighted by Crippen LogP contribution is -2.63. The Hall–Kier alpha value is -2.28. The Morgan fingerprint density at radius 3 is 2.73 bits per heavy atom. The van der Waals surface area contributed by atoms with Crippen LogP contribution in [0.15, 0.2) is 6.07 Å². The molecule has 5 rings (SSSR count). The summed E-state index contributed by atoms with van der Waals surface area (Å²) < 4.78 is 11.9. The number of carbonyl (C=O) groups excluding carboxylic acids is 1. The number of aromatic nitrogens is 2. The molecule has 1 amide bonds. The monoisotopic (exact) mass is 430 g/mol. The molecule has 0 N–H and O–H groups in total. The number of pyridine rings is 2. The number of halogens is 1. The van der Waals surface area contributed by atoms with Crippen LogP contribution < -0.4 is 9.64 Å². The number of aryl methyl sites for hydroxylation is 2. The Labute approximate surface area is 181 Å². The first kappa shape index (κ1) is 19.7. The molecular weight excluding hydrogens is 404 g/mol. The van der Waals surface area contributed by atoms with Crippen molar-refractivity contribution < 1.29 is 14.3 Å². The van der Waals surface area contributed by atoms with E-state index in [2.05, 4.69) is 9.88 Å². The molecule has 2 fully saturated rings. The van der Waals surface area contributed by atoms with Gasteiger partial charge in [0.25, 0.3) is 0 Å². The quantitative estimate of drug-likeness (QED) is 0.582. The third-order valence-electron chi connectivity index (χ3n) is 6.46. The lowest BCUT2D eigenvalue weighted by molar-refractivity contribution is 0.00540. The summed E-state index contributed by atoms with van der Waals surface area (Å²) in [5, 5.41) is 2.35. The van der Waals surface area contributed by atoms with Crippen molar-refractivity contribution in [2.75, 3.05) is 18.1 Å². The van der Waals surface area contributed by atoms with Gasteiger partial charge in [0, 0.05) is 12.2 Å². The summed E-state index contributed by atoms with van der Waals surface area (Å²) in [6, 6.07) is 1.99. The normalized spacial score (nSPS) is 25.1. The number of piperazine rings is 1. The number of ether oxygens (including phenoxy) is 2. The molecule has 3 aliphatic heterocycles. The van der Waals surface area contributed by atoms with Crippen LogP contribution in [0.25, 0.3) is 10.8 Å². The molecule has 3 aliphatic rings. The van der Waals surface area contributed by atoms with E-state index in [1.165, 1.54) is 0 Å². The minimum Gasteiger partial charge on any atom is -0.475 e. The van der Waals surface area contributed by atoms with Crippen molar-refractivity contribution >= 4 is 34.3 Å². The minimum atomic E-state index is -0.522. The van der Waals surface area contributed by atoms with Crippen LogP contribution in [0.4, 0.5) is 10.6 Å². The first-order valence-electron chi connectivity index (χ1n) is 10.5. The summed E-state index contributed by atoms with van der Waals surface area (Å²) in [6.07, 6.45) is 1.64. The van der Waals surface area contributed by atoms with E-state index in [1.807, 2.05) is 45.6 Å². The predicted molar refractivity (Wildman–Crippen MR) is 116 cm³/mol. The van der Waals surface area contributed by atoms with E-state index in [0.717, 1.165) is 40.7 Å². The molecule has 5 heterocycles. The van der Waals surface area contributed by atoms with Crippen molar-refractivity contribution in [3.8, 4) is 5.88 Å². The maximum Gasteiger partial charge on any atom is 0.410 e. The van der Waals surface area contributed by atoms with Gasteiger partial charge in [-0.2, -0.15) is 0 Å². The third-order valence-corrected chi connectivity index (χ3v) is 6.66. The third kappa shape index (κ3) is 2.97. The van der Waals surface area contributed by atoms with Gasteiger partial charge in [0.05, 0.1) is 23.5 Å². The molecule has 0 spiro atoms. The second-order valence-corrected chi connectivity index (χ2v) is 9.92. The lowest BCUT2D eigenvalue weighted by Gasteiger charge is -2.46. The molecule has 2 aromatic heterocycles. The van der Waals surface area contributed by atoms with E-state index in [0.29, 0.717) is 24.2 Å². The second-order valence-electron chi connectivity index (χ2n) is 9.54. The van der Waals surface area contributed by atoms with Gasteiger partial charge in [-0.05, 0) is 64.5 Å². The molecular formula is C22H27ClN4O3. The first-order valence-corrected chi connectivity index (χ1v) is 10.9. The van der Waals surface area contributed by atoms with Crippen LogP contribution >= 0.6 is 11.6 Å². The molecule has 0 radical (unpaired) electrons. The Balaban J connectivity index is 1.59. The summed E-state index contributed by atoms with van der Waals surface area (Å²) in [6.45, 7) is 10.9. The molecule has 160 valence electrons. The maximum absolute atomic E-state index is 13.0. The minimum absolute atomic E-state index is 0.0120. The van der Waals surface area contributed by atoms with Crippen molar-refractivity contribution in [3.05, 3.63) is 22.5 Å². The van der Waals surface area contributed by atoms with Crippen LogP contribution in [0.3, 0.4) is 0 Å². The zero-order valence-electron chi connectivity index (χ0n) is 18.0. The van der Waals surface area contributed by atoms with Gasteiger partial charge in [0.15, 0.2) is 0 Å². The van der Waals surface area contributed by atoms with E-state index >= 15 is 0 Å². The zero-order valence-corrected chi connectivity index (χ0v) is 18.8. The summed E-state index contributed by atoms with van der Waals surface area (Å²) in [4.78, 5) is 26.7. The van der Waals surface area contributed by atoms with Crippen LogP contribution in [-0.2, 0) is 4.74 Å². The second kappa shape index (κ2) is 6.61. The number of nitrogens with zero attached hydrogens (tertiary/aromatic N) is 4. The van der Waals surface area contributed by atoms with Gasteiger partial charge in [0.1, 0.15) is 23.2 Å². The van der Waals surface area contributed by atoms with E-state index in [9.17, 15) is 4.79 Å². The first-order chi connectivity index (χ1) is 14.1. The van der Waals surface area contributed by atoms with Crippen molar-refractivity contribution in [1.82, 2.24) is 14.9 Å². The van der Waals surface area contributed by atoms with E-state index in [1.54, 1.807) is 0 Å². The van der Waals surface area contributed by atoms with Gasteiger partial charge in [-0.15, -0.1) is 0 Å². The number of amides is 1. The molecule has 2 bridgehead atoms. The molecule has 8 heteroatoms. The van der Waals surface area contributed by atoms with Gasteiger partial charge >= 0.3 is 6.09 Å². The van der Waals surface area contributed by atoms with E-state index < -0.39 is 5.60 Å². The molecule has 0 unspecified atom stereocenters. The molecule has 7 nitrogen and oxygen atoms in total. The number of fused-ring (bicyclic) bond motifs is 5. The van der Waals surface area contributed by atoms with E-state index in [4.69, 9.17) is 26.1 Å². The summed E-state index contributed by atoms with van der Waals surface area (Å²) in [5.74, 6) is 1.41. The predicted octanol–water partition coefficient (Wildman–Crippen LogP) is 4.25. The Kier molecular flexibility index (Phi) is 4.33. The summed E-state index contributed by atoms with van der Waals surface area (Å²) >= 11 is 6.30. The van der Waals surface area contributed by atoms with Gasteiger partial charge in [-0.3, -0.25) is 4.90 Å². The average Bonchev–Trinajstić information content (AvgIpc) is 2.89. The van der Waals surface area contributed by atoms with Gasteiger partial charge in [-0.25, -0.2) is 14.8 Å². The smallest absolute Gasteiger partial charge is 0.410 e. The van der Waals surface area contributed by atoms with Crippen LogP contribution in [0.5, 0.6) is 5.88 Å². The SMILES string of the molecule is Cc1nc2c3c(nc(Cl)cc3c1C)OC[C@@H]1[C@@H]3CC[C@H](CN21)N3C(=O)OC(C)(C)C. The number of hydrogen-bond acceptors (Lipinski definition) is 6. The number of hydrogen-bond donors (Lipinski definition) is 0. The molecule has 0 aromatic carbocycles. The highest BCUT2D eigenvalue weighted by Crippen LogP contribution is 2.44. The number of anilines is 1. The highest BCUT2D eigenvalue weighted by Gasteiger charge is 2.51. The summed E-state index contributed by atoms with van der Waals surface area (Å²) in [7, 11) is 0. The highest BCUT2D eigenvalue weighted by atomic mass is 35.5. The maximum atomic E-state index is 13.0. The van der Waals surface area contributed by atoms with Gasteiger partial charge in [0.2, 0.25) is 5.88 Å². The Bertz CT molecular complexity index is 1050. The van der Waals surface area contributed by atoms with Crippen molar-refractivity contribution in [3.63, 3.8) is 0 Å². The zero-order chi connectivity index (χ0) is 21.4. The van der Waals surface area contributed by atoms with Gasteiger partial charge < -0.3 is 14.4 Å². The average molecular weight is 431 g/mol. The molecule has 30 heavy (non-hydrogen) atoms. The molecule has 0 aliphatic carbocycles. The molecule has 2 aromatic rings. The van der Waals surface area contributed by atoms with Gasteiger partial charge in [-0.1, -0.05) is 11.6 Å². The fraction of sp³-hybridized carbons (Fsp3) is 0.591. The largest absolute Gasteiger partial charge is 0.475 e. The van der Waals surface area contributed by atoms with Crippen LogP contribution in [0, 0.1) is 13.8 Å². The van der Waals surface area contributed by atoms with Crippen LogP contribution in [0.1, 0.15) is 44.9 Å². The lowest BCUT2D eigenvalue weighted by atomic mass is 10.0. The van der Waals surface area contributed by atoms with Crippen molar-refractivity contribution in [1.29, 1.82) is 0 Å². The molecule has 2 saturated heterocycles. The van der Waals surface area contributed by atoms with E-state index in [-0.39, 0.29) is 24.2 Å². The number of rotatable bonds is 0. The standard InChI is InChI=1S/C22H27ClN4O3/c1-11-12(2)24-19-18-14(11)8-17(23)25-20(18)29-10-16-15-7-6-13(9-26(16)19)27(15)21(28)30-22(3,4)5/h8,13,15-16H,6-7,9-10H2,1-5H3/t13-,15+,16-/m1/s1. The Morgan fingerprint density at radius 1 is 1.23 bits per heavy atom. The fourth-order valence-electron chi connectivity index (χ4n) is 5.06.